The fourth-order valence-corrected chi connectivity index (χ4v) is 1.79. The Balaban J connectivity index is 2.56. The molecule has 18 heavy (non-hydrogen) atoms. The second-order valence-corrected chi connectivity index (χ2v) is 3.70. The van der Waals surface area contributed by atoms with Gasteiger partial charge < -0.3 is 4.74 Å². The molecule has 0 fully saturated rings. The molecule has 1 aromatic carbocycles. The zero-order valence-electron chi connectivity index (χ0n) is 10.2. The molecule has 1 aromatic heterocycles. The quantitative estimate of drug-likeness (QED) is 0.614. The normalized spacial score (nSPS) is 10.3. The SMILES string of the molecule is CCn1cc(-c2cccc([N+](=O)[O-])c2OC)cn1. The number of rotatable bonds is 4. The number of para-hydroxylation sites is 1. The maximum absolute atomic E-state index is 10.9. The summed E-state index contributed by atoms with van der Waals surface area (Å²) in [5.41, 5.74) is 1.43. The molecule has 0 radical (unpaired) electrons. The van der Waals surface area contributed by atoms with Crippen LogP contribution in [0.25, 0.3) is 11.1 Å². The highest BCUT2D eigenvalue weighted by Gasteiger charge is 2.19. The van der Waals surface area contributed by atoms with Crippen LogP contribution in [0.1, 0.15) is 6.92 Å². The van der Waals surface area contributed by atoms with Gasteiger partial charge in [-0.2, -0.15) is 5.10 Å². The number of methoxy groups -OCH3 is 1. The number of nitro groups is 1. The average molecular weight is 247 g/mol. The molecular formula is C12H13N3O3. The fraction of sp³-hybridized carbons (Fsp3) is 0.250. The number of ether oxygens (including phenoxy) is 1. The summed E-state index contributed by atoms with van der Waals surface area (Å²) < 4.78 is 6.91. The van der Waals surface area contributed by atoms with Gasteiger partial charge in [0.05, 0.1) is 18.2 Å². The van der Waals surface area contributed by atoms with E-state index < -0.39 is 4.92 Å². The largest absolute Gasteiger partial charge is 0.490 e. The van der Waals surface area contributed by atoms with Crippen LogP contribution in [0.15, 0.2) is 30.6 Å². The molecule has 0 saturated heterocycles. The Bertz CT molecular complexity index is 578. The highest BCUT2D eigenvalue weighted by atomic mass is 16.6. The van der Waals surface area contributed by atoms with Crippen molar-refractivity contribution in [3.63, 3.8) is 0 Å². The standard InChI is InChI=1S/C12H13N3O3/c1-3-14-8-9(7-13-14)10-5-4-6-11(15(16)17)12(10)18-2/h4-8H,3H2,1-2H3. The van der Waals surface area contributed by atoms with E-state index >= 15 is 0 Å². The van der Waals surface area contributed by atoms with E-state index in [1.165, 1.54) is 13.2 Å². The molecule has 0 N–H and O–H groups in total. The Morgan fingerprint density at radius 2 is 2.28 bits per heavy atom. The van der Waals surface area contributed by atoms with Gasteiger partial charge in [0.15, 0.2) is 0 Å². The van der Waals surface area contributed by atoms with Crippen molar-refractivity contribution in [1.82, 2.24) is 9.78 Å². The Morgan fingerprint density at radius 3 is 2.83 bits per heavy atom. The number of aromatic nitrogens is 2. The molecule has 0 aliphatic heterocycles. The Hall–Kier alpha value is -2.37. The molecule has 6 heteroatoms. The molecule has 0 amide bonds. The van der Waals surface area contributed by atoms with Gasteiger partial charge in [0.2, 0.25) is 5.75 Å². The predicted octanol–water partition coefficient (Wildman–Crippen LogP) is 2.49. The minimum Gasteiger partial charge on any atom is -0.490 e. The van der Waals surface area contributed by atoms with Gasteiger partial charge in [0.25, 0.3) is 0 Å². The summed E-state index contributed by atoms with van der Waals surface area (Å²) in [6, 6.07) is 4.84. The molecule has 0 spiro atoms. The monoisotopic (exact) mass is 247 g/mol. The molecule has 0 bridgehead atoms. The molecule has 0 aliphatic rings. The van der Waals surface area contributed by atoms with Crippen LogP contribution in [0, 0.1) is 10.1 Å². The summed E-state index contributed by atoms with van der Waals surface area (Å²) in [7, 11) is 1.43. The van der Waals surface area contributed by atoms with Gasteiger partial charge >= 0.3 is 5.69 Å². The third kappa shape index (κ3) is 2.04. The van der Waals surface area contributed by atoms with Crippen LogP contribution >= 0.6 is 0 Å². The van der Waals surface area contributed by atoms with Crippen LogP contribution in [0.3, 0.4) is 0 Å². The second kappa shape index (κ2) is 4.87. The van der Waals surface area contributed by atoms with Crippen molar-refractivity contribution < 1.29 is 9.66 Å². The van der Waals surface area contributed by atoms with Gasteiger partial charge in [-0.1, -0.05) is 12.1 Å². The average Bonchev–Trinajstić information content (AvgIpc) is 2.86. The first-order valence-corrected chi connectivity index (χ1v) is 5.51. The van der Waals surface area contributed by atoms with Gasteiger partial charge in [-0.15, -0.1) is 0 Å². The smallest absolute Gasteiger partial charge is 0.311 e. The van der Waals surface area contributed by atoms with E-state index in [1.54, 1.807) is 23.0 Å². The minimum absolute atomic E-state index is 0.0424. The zero-order chi connectivity index (χ0) is 13.1. The Morgan fingerprint density at radius 1 is 1.50 bits per heavy atom. The predicted molar refractivity (Wildman–Crippen MR) is 66.5 cm³/mol. The first kappa shape index (κ1) is 12.1. The number of benzene rings is 1. The number of hydrogen-bond donors (Lipinski definition) is 0. The molecular weight excluding hydrogens is 234 g/mol. The number of hydrogen-bond acceptors (Lipinski definition) is 4. The Kier molecular flexibility index (Phi) is 3.27. The van der Waals surface area contributed by atoms with Crippen LogP contribution in [0.4, 0.5) is 5.69 Å². The summed E-state index contributed by atoms with van der Waals surface area (Å²) >= 11 is 0. The first-order valence-electron chi connectivity index (χ1n) is 5.51. The van der Waals surface area contributed by atoms with Crippen LogP contribution < -0.4 is 4.74 Å². The lowest BCUT2D eigenvalue weighted by atomic mass is 10.1. The van der Waals surface area contributed by atoms with Crippen LogP contribution in [0.2, 0.25) is 0 Å². The lowest BCUT2D eigenvalue weighted by molar-refractivity contribution is -0.385. The van der Waals surface area contributed by atoms with Crippen molar-refractivity contribution in [2.24, 2.45) is 0 Å². The molecule has 2 aromatic rings. The molecule has 1 heterocycles. The van der Waals surface area contributed by atoms with Gasteiger partial charge in [-0.3, -0.25) is 14.8 Å². The van der Waals surface area contributed by atoms with Crippen molar-refractivity contribution in [2.45, 2.75) is 13.5 Å². The van der Waals surface area contributed by atoms with Crippen molar-refractivity contribution in [3.8, 4) is 16.9 Å². The molecule has 0 unspecified atom stereocenters. The van der Waals surface area contributed by atoms with Crippen molar-refractivity contribution in [3.05, 3.63) is 40.7 Å². The van der Waals surface area contributed by atoms with Gasteiger partial charge in [0.1, 0.15) is 0 Å². The number of nitro benzene ring substituents is 1. The second-order valence-electron chi connectivity index (χ2n) is 3.70. The maximum atomic E-state index is 10.9. The number of aryl methyl sites for hydroxylation is 1. The van der Waals surface area contributed by atoms with Crippen LogP contribution in [0.5, 0.6) is 5.75 Å². The third-order valence-electron chi connectivity index (χ3n) is 2.66. The molecule has 0 saturated carbocycles. The minimum atomic E-state index is -0.452. The molecule has 94 valence electrons. The summed E-state index contributed by atoms with van der Waals surface area (Å²) in [5.74, 6) is 0.262. The van der Waals surface area contributed by atoms with E-state index in [0.717, 1.165) is 12.1 Å². The highest BCUT2D eigenvalue weighted by molar-refractivity contribution is 5.74. The summed E-state index contributed by atoms with van der Waals surface area (Å²) in [4.78, 5) is 10.5. The first-order chi connectivity index (χ1) is 8.67. The van der Waals surface area contributed by atoms with E-state index in [1.807, 2.05) is 13.1 Å². The molecule has 6 nitrogen and oxygen atoms in total. The van der Waals surface area contributed by atoms with Gasteiger partial charge in [-0.25, -0.2) is 0 Å². The van der Waals surface area contributed by atoms with E-state index in [2.05, 4.69) is 5.10 Å². The van der Waals surface area contributed by atoms with E-state index in [0.29, 0.717) is 5.56 Å². The highest BCUT2D eigenvalue weighted by Crippen LogP contribution is 2.37. The maximum Gasteiger partial charge on any atom is 0.311 e. The van der Waals surface area contributed by atoms with E-state index in [4.69, 9.17) is 4.74 Å². The topological polar surface area (TPSA) is 70.2 Å². The van der Waals surface area contributed by atoms with Crippen molar-refractivity contribution in [1.29, 1.82) is 0 Å². The van der Waals surface area contributed by atoms with Gasteiger partial charge in [-0.05, 0) is 6.92 Å². The summed E-state index contributed by atoms with van der Waals surface area (Å²) in [6.45, 7) is 2.72. The van der Waals surface area contributed by atoms with Crippen molar-refractivity contribution >= 4 is 5.69 Å². The van der Waals surface area contributed by atoms with Crippen molar-refractivity contribution in [2.75, 3.05) is 7.11 Å². The van der Waals surface area contributed by atoms with E-state index in [-0.39, 0.29) is 11.4 Å². The molecule has 0 atom stereocenters. The number of nitrogens with zero attached hydrogens (tertiary/aromatic N) is 3. The van der Waals surface area contributed by atoms with E-state index in [9.17, 15) is 10.1 Å². The lowest BCUT2D eigenvalue weighted by Crippen LogP contribution is -1.95. The third-order valence-corrected chi connectivity index (χ3v) is 2.66. The fourth-order valence-electron chi connectivity index (χ4n) is 1.79. The van der Waals surface area contributed by atoms with Crippen LogP contribution in [-0.4, -0.2) is 21.8 Å². The zero-order valence-corrected chi connectivity index (χ0v) is 10.2. The summed E-state index contributed by atoms with van der Waals surface area (Å²) in [5, 5.41) is 15.1. The molecule has 0 aliphatic carbocycles. The summed E-state index contributed by atoms with van der Waals surface area (Å²) in [6.07, 6.45) is 3.51. The lowest BCUT2D eigenvalue weighted by Gasteiger charge is -2.06. The van der Waals surface area contributed by atoms with Gasteiger partial charge in [0, 0.05) is 29.9 Å². The van der Waals surface area contributed by atoms with Crippen LogP contribution in [-0.2, 0) is 6.54 Å². The molecule has 2 rings (SSSR count). The Labute approximate surface area is 104 Å².